The van der Waals surface area contributed by atoms with E-state index in [0.717, 1.165) is 75.7 Å². The number of aromatic nitrogens is 1. The molecule has 0 N–H and O–H groups in total. The minimum Gasteiger partial charge on any atom is -0.454 e. The van der Waals surface area contributed by atoms with E-state index in [0.29, 0.717) is 6.79 Å². The number of rotatable bonds is 8. The van der Waals surface area contributed by atoms with E-state index in [2.05, 4.69) is 77.0 Å². The quantitative estimate of drug-likeness (QED) is 0.349. The number of amides is 1. The number of carbonyl (C=O) groups is 1. The van der Waals surface area contributed by atoms with Gasteiger partial charge in [0.15, 0.2) is 11.5 Å². The van der Waals surface area contributed by atoms with Gasteiger partial charge in [-0.05, 0) is 75.4 Å². The minimum atomic E-state index is 0.131. The van der Waals surface area contributed by atoms with Crippen LogP contribution in [-0.4, -0.2) is 85.3 Å². The van der Waals surface area contributed by atoms with E-state index in [4.69, 9.17) is 9.47 Å². The van der Waals surface area contributed by atoms with E-state index in [1.54, 1.807) is 0 Å². The van der Waals surface area contributed by atoms with Gasteiger partial charge in [-0.25, -0.2) is 0 Å². The molecule has 3 aromatic carbocycles. The van der Waals surface area contributed by atoms with Gasteiger partial charge in [-0.1, -0.05) is 24.3 Å². The topological polar surface area (TPSA) is 50.2 Å². The Morgan fingerprint density at radius 1 is 0.842 bits per heavy atom. The van der Waals surface area contributed by atoms with Crippen LogP contribution >= 0.6 is 0 Å². The monoisotopic (exact) mass is 512 g/mol. The highest BCUT2D eigenvalue weighted by atomic mass is 16.7. The number of piperazine rings is 1. The lowest BCUT2D eigenvalue weighted by atomic mass is 10.1. The molecule has 0 atom stereocenters. The molecule has 3 heterocycles. The third kappa shape index (κ3) is 4.96. The molecule has 2 aliphatic rings. The van der Waals surface area contributed by atoms with Gasteiger partial charge in [-0.2, -0.15) is 0 Å². The molecule has 1 saturated heterocycles. The summed E-state index contributed by atoms with van der Waals surface area (Å²) in [6.45, 7) is 6.58. The van der Waals surface area contributed by atoms with Crippen molar-refractivity contribution in [1.29, 1.82) is 0 Å². The molecule has 4 aromatic rings. The Morgan fingerprint density at radius 3 is 2.47 bits per heavy atom. The lowest BCUT2D eigenvalue weighted by Crippen LogP contribution is -2.49. The van der Waals surface area contributed by atoms with E-state index in [9.17, 15) is 4.79 Å². The van der Waals surface area contributed by atoms with Gasteiger partial charge in [-0.15, -0.1) is 0 Å². The predicted octanol–water partition coefficient (Wildman–Crippen LogP) is 4.48. The summed E-state index contributed by atoms with van der Waals surface area (Å²) >= 11 is 0. The molecule has 0 saturated carbocycles. The molecule has 198 valence electrons. The molecule has 38 heavy (non-hydrogen) atoms. The predicted molar refractivity (Wildman–Crippen MR) is 151 cm³/mol. The first-order chi connectivity index (χ1) is 18.6. The highest BCUT2D eigenvalue weighted by Gasteiger charge is 2.23. The first-order valence-corrected chi connectivity index (χ1v) is 13.6. The number of ether oxygens (including phenoxy) is 2. The largest absolute Gasteiger partial charge is 0.454 e. The Hall–Kier alpha value is -3.55. The number of hydrogen-bond acceptors (Lipinski definition) is 5. The van der Waals surface area contributed by atoms with Crippen LogP contribution in [0, 0.1) is 0 Å². The maximum Gasteiger partial charge on any atom is 0.253 e. The zero-order valence-electron chi connectivity index (χ0n) is 22.4. The summed E-state index contributed by atoms with van der Waals surface area (Å²) in [5, 5.41) is 2.38. The first kappa shape index (κ1) is 24.8. The molecule has 7 nitrogen and oxygen atoms in total. The Balaban J connectivity index is 1.11. The first-order valence-electron chi connectivity index (χ1n) is 13.6. The average molecular weight is 513 g/mol. The smallest absolute Gasteiger partial charge is 0.253 e. The molecule has 0 bridgehead atoms. The summed E-state index contributed by atoms with van der Waals surface area (Å²) in [4.78, 5) is 20.2. The van der Waals surface area contributed by atoms with Gasteiger partial charge in [0.2, 0.25) is 6.79 Å². The fourth-order valence-corrected chi connectivity index (χ4v) is 5.71. The lowest BCUT2D eigenvalue weighted by molar-refractivity contribution is 0.0638. The number of hydrogen-bond donors (Lipinski definition) is 0. The summed E-state index contributed by atoms with van der Waals surface area (Å²) in [6, 6.07) is 21.0. The number of carbonyl (C=O) groups excluding carboxylic acids is 1. The molecule has 0 spiro atoms. The van der Waals surface area contributed by atoms with Crippen LogP contribution in [0.4, 0.5) is 0 Å². The van der Waals surface area contributed by atoms with E-state index in [1.165, 1.54) is 27.4 Å². The molecule has 1 aromatic heterocycles. The number of aryl methyl sites for hydroxylation is 1. The van der Waals surface area contributed by atoms with Gasteiger partial charge in [0.1, 0.15) is 0 Å². The summed E-state index contributed by atoms with van der Waals surface area (Å²) < 4.78 is 13.3. The van der Waals surface area contributed by atoms with Crippen molar-refractivity contribution in [3.8, 4) is 11.5 Å². The average Bonchev–Trinajstić information content (AvgIpc) is 3.54. The van der Waals surface area contributed by atoms with Crippen LogP contribution in [0.2, 0.25) is 0 Å². The van der Waals surface area contributed by atoms with Crippen LogP contribution in [0.15, 0.2) is 60.7 Å². The molecule has 0 radical (unpaired) electrons. The van der Waals surface area contributed by atoms with Gasteiger partial charge >= 0.3 is 0 Å². The molecular formula is C31H36N4O3. The second-order valence-electron chi connectivity index (χ2n) is 10.6. The SMILES string of the molecule is CN(C)CCCn1c2ccccc2c2cc(C(=O)N3CCN(CCc4ccc5c(c4)OCO5)CC3)ccc21. The van der Waals surface area contributed by atoms with Gasteiger partial charge < -0.3 is 23.8 Å². The number of fused-ring (bicyclic) bond motifs is 4. The van der Waals surface area contributed by atoms with Gasteiger partial charge in [0.05, 0.1) is 0 Å². The summed E-state index contributed by atoms with van der Waals surface area (Å²) in [7, 11) is 4.23. The van der Waals surface area contributed by atoms with Crippen LogP contribution in [0.5, 0.6) is 11.5 Å². The zero-order chi connectivity index (χ0) is 26.1. The Kier molecular flexibility index (Phi) is 6.96. The van der Waals surface area contributed by atoms with Crippen LogP contribution < -0.4 is 9.47 Å². The normalized spacial score (nSPS) is 15.7. The third-order valence-corrected chi connectivity index (χ3v) is 7.82. The van der Waals surface area contributed by atoms with Crippen molar-refractivity contribution in [2.45, 2.75) is 19.4 Å². The third-order valence-electron chi connectivity index (χ3n) is 7.82. The van der Waals surface area contributed by atoms with E-state index < -0.39 is 0 Å². The molecule has 1 fully saturated rings. The summed E-state index contributed by atoms with van der Waals surface area (Å²) in [6.07, 6.45) is 2.04. The molecule has 7 heteroatoms. The Bertz CT molecular complexity index is 1450. The van der Waals surface area contributed by atoms with E-state index >= 15 is 0 Å². The fraction of sp³-hybridized carbons (Fsp3) is 0.387. The maximum atomic E-state index is 13.5. The molecule has 6 rings (SSSR count). The van der Waals surface area contributed by atoms with Crippen LogP contribution in [0.3, 0.4) is 0 Å². The van der Waals surface area contributed by atoms with Crippen molar-refractivity contribution >= 4 is 27.7 Å². The maximum absolute atomic E-state index is 13.5. The summed E-state index contributed by atoms with van der Waals surface area (Å²) in [5.74, 6) is 1.80. The van der Waals surface area contributed by atoms with Crippen molar-refractivity contribution in [2.75, 3.05) is 60.2 Å². The van der Waals surface area contributed by atoms with Gasteiger partial charge in [-0.3, -0.25) is 9.69 Å². The molecule has 0 aliphatic carbocycles. The Morgan fingerprint density at radius 2 is 1.63 bits per heavy atom. The molecule has 2 aliphatic heterocycles. The second-order valence-corrected chi connectivity index (χ2v) is 10.6. The fourth-order valence-electron chi connectivity index (χ4n) is 5.71. The number of para-hydroxylation sites is 1. The van der Waals surface area contributed by atoms with Gasteiger partial charge in [0, 0.05) is 66.6 Å². The van der Waals surface area contributed by atoms with Crippen molar-refractivity contribution in [3.63, 3.8) is 0 Å². The zero-order valence-corrected chi connectivity index (χ0v) is 22.4. The highest BCUT2D eigenvalue weighted by Crippen LogP contribution is 2.33. The van der Waals surface area contributed by atoms with E-state index in [1.807, 2.05) is 17.0 Å². The van der Waals surface area contributed by atoms with Crippen molar-refractivity contribution in [3.05, 3.63) is 71.8 Å². The van der Waals surface area contributed by atoms with Crippen LogP contribution in [-0.2, 0) is 13.0 Å². The van der Waals surface area contributed by atoms with Crippen molar-refractivity contribution in [2.24, 2.45) is 0 Å². The Labute approximate surface area is 224 Å². The van der Waals surface area contributed by atoms with E-state index in [-0.39, 0.29) is 5.91 Å². The number of benzene rings is 3. The summed E-state index contributed by atoms with van der Waals surface area (Å²) in [5.41, 5.74) is 4.47. The van der Waals surface area contributed by atoms with Crippen molar-refractivity contribution < 1.29 is 14.3 Å². The lowest BCUT2D eigenvalue weighted by Gasteiger charge is -2.34. The van der Waals surface area contributed by atoms with Gasteiger partial charge in [0.25, 0.3) is 5.91 Å². The molecular weight excluding hydrogens is 476 g/mol. The number of nitrogens with zero attached hydrogens (tertiary/aromatic N) is 4. The van der Waals surface area contributed by atoms with Crippen LogP contribution in [0.25, 0.3) is 21.8 Å². The van der Waals surface area contributed by atoms with Crippen molar-refractivity contribution in [1.82, 2.24) is 19.3 Å². The highest BCUT2D eigenvalue weighted by molar-refractivity contribution is 6.10. The minimum absolute atomic E-state index is 0.131. The molecule has 1 amide bonds. The second kappa shape index (κ2) is 10.7. The molecule has 0 unspecified atom stereocenters. The standard InChI is InChI=1S/C31H36N4O3/c1-32(2)13-5-14-35-27-7-4-3-6-25(27)26-21-24(9-10-28(26)35)31(36)34-18-16-33(17-19-34)15-12-23-8-11-29-30(20-23)38-22-37-29/h3-4,6-11,20-21H,5,12-19,22H2,1-2H3. The van der Waals surface area contributed by atoms with Crippen LogP contribution in [0.1, 0.15) is 22.3 Å².